The summed E-state index contributed by atoms with van der Waals surface area (Å²) in [4.78, 5) is 55.2. The molecule has 0 bridgehead atoms. The highest BCUT2D eigenvalue weighted by Crippen LogP contribution is 2.37. The van der Waals surface area contributed by atoms with Crippen molar-refractivity contribution in [1.82, 2.24) is 24.9 Å². The van der Waals surface area contributed by atoms with Gasteiger partial charge in [-0.15, -0.1) is 0 Å². The number of carbonyl (C=O) groups excluding carboxylic acids is 4. The molecule has 1 N–H and O–H groups in total. The minimum Gasteiger partial charge on any atom is -0.352 e. The molecule has 0 radical (unpaired) electrons. The van der Waals surface area contributed by atoms with Gasteiger partial charge in [0.15, 0.2) is 0 Å². The molecule has 2 saturated heterocycles. The number of hydrogen-bond acceptors (Lipinski definition) is 5. The number of hydrogen-bond donors (Lipinski definition) is 1. The van der Waals surface area contributed by atoms with Gasteiger partial charge in [-0.25, -0.2) is 0 Å². The van der Waals surface area contributed by atoms with Gasteiger partial charge in [-0.2, -0.15) is 5.10 Å². The number of aromatic nitrogens is 2. The Morgan fingerprint density at radius 1 is 1.09 bits per heavy atom. The van der Waals surface area contributed by atoms with Gasteiger partial charge < -0.3 is 10.2 Å². The van der Waals surface area contributed by atoms with Crippen molar-refractivity contribution in [2.24, 2.45) is 30.7 Å². The summed E-state index contributed by atoms with van der Waals surface area (Å²) in [5.41, 5.74) is 0.530. The van der Waals surface area contributed by atoms with Crippen LogP contribution in [0.2, 0.25) is 0 Å². The molecule has 184 valence electrons. The van der Waals surface area contributed by atoms with Crippen molar-refractivity contribution in [2.75, 3.05) is 19.6 Å². The van der Waals surface area contributed by atoms with Crippen LogP contribution in [0.1, 0.15) is 56.3 Å². The van der Waals surface area contributed by atoms with Crippen LogP contribution in [0.4, 0.5) is 0 Å². The molecular weight excluding hydrogens is 434 g/mol. The molecule has 9 heteroatoms. The molecule has 3 aliphatic rings. The zero-order valence-electron chi connectivity index (χ0n) is 20.3. The fourth-order valence-electron chi connectivity index (χ4n) is 5.34. The summed E-state index contributed by atoms with van der Waals surface area (Å²) in [6.45, 7) is 5.69. The molecule has 0 aromatic carbocycles. The van der Waals surface area contributed by atoms with Gasteiger partial charge in [-0.3, -0.25) is 28.8 Å². The zero-order chi connectivity index (χ0) is 24.4. The van der Waals surface area contributed by atoms with Crippen molar-refractivity contribution in [2.45, 2.75) is 52.0 Å². The first-order valence-electron chi connectivity index (χ1n) is 12.3. The van der Waals surface area contributed by atoms with Crippen LogP contribution in [0.3, 0.4) is 0 Å². The van der Waals surface area contributed by atoms with Crippen molar-refractivity contribution in [3.8, 4) is 0 Å². The van der Waals surface area contributed by atoms with E-state index in [0.29, 0.717) is 44.5 Å². The molecule has 2 fully saturated rings. The Hall–Kier alpha value is -2.97. The molecular formula is C25H35N5O4. The fourth-order valence-corrected chi connectivity index (χ4v) is 5.34. The number of piperidine rings is 1. The van der Waals surface area contributed by atoms with Crippen molar-refractivity contribution in [3.05, 3.63) is 30.1 Å². The summed E-state index contributed by atoms with van der Waals surface area (Å²) in [7, 11) is 1.77. The van der Waals surface area contributed by atoms with Gasteiger partial charge in [0.25, 0.3) is 5.91 Å². The largest absolute Gasteiger partial charge is 0.352 e. The molecule has 34 heavy (non-hydrogen) atoms. The second-order valence-corrected chi connectivity index (χ2v) is 10.2. The average molecular weight is 470 g/mol. The third-order valence-corrected chi connectivity index (χ3v) is 7.28. The van der Waals surface area contributed by atoms with E-state index in [9.17, 15) is 19.2 Å². The maximum atomic E-state index is 13.6. The third-order valence-electron chi connectivity index (χ3n) is 7.28. The Kier molecular flexibility index (Phi) is 7.19. The van der Waals surface area contributed by atoms with Crippen molar-refractivity contribution in [1.29, 1.82) is 0 Å². The molecule has 3 heterocycles. The predicted molar refractivity (Wildman–Crippen MR) is 125 cm³/mol. The van der Waals surface area contributed by atoms with Crippen LogP contribution in [0, 0.1) is 23.7 Å². The van der Waals surface area contributed by atoms with Crippen LogP contribution in [0.5, 0.6) is 0 Å². The van der Waals surface area contributed by atoms with Crippen LogP contribution in [0.15, 0.2) is 24.5 Å². The van der Waals surface area contributed by atoms with Gasteiger partial charge in [0.05, 0.1) is 23.6 Å². The van der Waals surface area contributed by atoms with E-state index >= 15 is 0 Å². The number of amides is 4. The van der Waals surface area contributed by atoms with Crippen molar-refractivity contribution >= 4 is 23.6 Å². The van der Waals surface area contributed by atoms with E-state index in [4.69, 9.17) is 0 Å². The number of nitrogens with one attached hydrogen (secondary N) is 1. The Morgan fingerprint density at radius 2 is 1.71 bits per heavy atom. The summed E-state index contributed by atoms with van der Waals surface area (Å²) in [5, 5.41) is 6.98. The lowest BCUT2D eigenvalue weighted by Crippen LogP contribution is -2.53. The topological polar surface area (TPSA) is 105 Å². The van der Waals surface area contributed by atoms with Gasteiger partial charge in [0, 0.05) is 32.9 Å². The lowest BCUT2D eigenvalue weighted by molar-refractivity contribution is -0.153. The van der Waals surface area contributed by atoms with E-state index in [1.54, 1.807) is 29.0 Å². The normalized spacial score (nSPS) is 24.0. The summed E-state index contributed by atoms with van der Waals surface area (Å²) >= 11 is 0. The third kappa shape index (κ3) is 4.93. The number of likely N-dealkylation sites (tertiary alicyclic amines) is 2. The van der Waals surface area contributed by atoms with E-state index in [1.165, 1.54) is 4.90 Å². The molecule has 3 atom stereocenters. The monoisotopic (exact) mass is 469 g/mol. The van der Waals surface area contributed by atoms with Crippen molar-refractivity contribution < 1.29 is 19.2 Å². The Bertz CT molecular complexity index is 950. The van der Waals surface area contributed by atoms with E-state index in [1.807, 2.05) is 26.0 Å². The summed E-state index contributed by atoms with van der Waals surface area (Å²) in [6, 6.07) is -0.729. The predicted octanol–water partition coefficient (Wildman–Crippen LogP) is 1.75. The standard InChI is InChI=1S/C25H35N5O4/c1-16(2)12-21(30-23(32)19-6-4-5-7-20(19)24(30)33)25(34)29-10-8-17(9-11-29)13-26-22(31)18-14-27-28(3)15-18/h4-5,14-17,19-21H,6-13H2,1-3H3,(H,26,31). The Labute approximate surface area is 200 Å². The Balaban J connectivity index is 1.35. The highest BCUT2D eigenvalue weighted by atomic mass is 16.2. The van der Waals surface area contributed by atoms with Gasteiger partial charge in [-0.05, 0) is 43.9 Å². The summed E-state index contributed by atoms with van der Waals surface area (Å²) in [5.74, 6) is -0.848. The highest BCUT2D eigenvalue weighted by molar-refractivity contribution is 6.08. The maximum absolute atomic E-state index is 13.6. The summed E-state index contributed by atoms with van der Waals surface area (Å²) < 4.78 is 1.59. The van der Waals surface area contributed by atoms with Crippen LogP contribution in [0.25, 0.3) is 0 Å². The smallest absolute Gasteiger partial charge is 0.254 e. The van der Waals surface area contributed by atoms with Crippen LogP contribution in [-0.4, -0.2) is 68.9 Å². The molecule has 0 spiro atoms. The molecule has 4 amide bonds. The number of imide groups is 1. The van der Waals surface area contributed by atoms with Gasteiger partial charge >= 0.3 is 0 Å². The molecule has 3 unspecified atom stereocenters. The molecule has 0 saturated carbocycles. The molecule has 1 aliphatic carbocycles. The molecule has 4 rings (SSSR count). The number of carbonyl (C=O) groups is 4. The number of allylic oxidation sites excluding steroid dienone is 2. The molecule has 2 aliphatic heterocycles. The zero-order valence-corrected chi connectivity index (χ0v) is 20.3. The molecule has 9 nitrogen and oxygen atoms in total. The number of aryl methyl sites for hydroxylation is 1. The lowest BCUT2D eigenvalue weighted by Gasteiger charge is -2.37. The minimum absolute atomic E-state index is 0.125. The van der Waals surface area contributed by atoms with Crippen LogP contribution >= 0.6 is 0 Å². The second-order valence-electron chi connectivity index (χ2n) is 10.2. The van der Waals surface area contributed by atoms with Crippen molar-refractivity contribution in [3.63, 3.8) is 0 Å². The SMILES string of the molecule is CC(C)CC(C(=O)N1CCC(CNC(=O)c2cnn(C)c2)CC1)N1C(=O)C2CC=CCC2C1=O. The minimum atomic E-state index is -0.729. The second kappa shape index (κ2) is 10.1. The number of fused-ring (bicyclic) bond motifs is 1. The molecule has 1 aromatic heterocycles. The van der Waals surface area contributed by atoms with E-state index in [0.717, 1.165) is 12.8 Å². The van der Waals surface area contributed by atoms with Gasteiger partial charge in [0.2, 0.25) is 17.7 Å². The highest BCUT2D eigenvalue weighted by Gasteiger charge is 2.51. The van der Waals surface area contributed by atoms with E-state index in [-0.39, 0.29) is 47.3 Å². The average Bonchev–Trinajstić information content (AvgIpc) is 3.37. The number of nitrogens with zero attached hydrogens (tertiary/aromatic N) is 4. The number of rotatable bonds is 7. The van der Waals surface area contributed by atoms with E-state index in [2.05, 4.69) is 10.4 Å². The fraction of sp³-hybridized carbons (Fsp3) is 0.640. The summed E-state index contributed by atoms with van der Waals surface area (Å²) in [6.07, 6.45) is 10.3. The van der Waals surface area contributed by atoms with Crippen LogP contribution < -0.4 is 5.32 Å². The Morgan fingerprint density at radius 3 is 2.24 bits per heavy atom. The first-order valence-corrected chi connectivity index (χ1v) is 12.3. The van der Waals surface area contributed by atoms with E-state index < -0.39 is 6.04 Å². The molecule has 1 aromatic rings. The lowest BCUT2D eigenvalue weighted by atomic mass is 9.85. The van der Waals surface area contributed by atoms with Gasteiger partial charge in [0.1, 0.15) is 6.04 Å². The quantitative estimate of drug-likeness (QED) is 0.484. The van der Waals surface area contributed by atoms with Crippen LogP contribution in [-0.2, 0) is 21.4 Å². The first kappa shape index (κ1) is 24.2. The first-order chi connectivity index (χ1) is 16.3. The maximum Gasteiger partial charge on any atom is 0.254 e. The van der Waals surface area contributed by atoms with Gasteiger partial charge in [-0.1, -0.05) is 26.0 Å².